The van der Waals surface area contributed by atoms with Crippen LogP contribution in [0.1, 0.15) is 54.8 Å². The van der Waals surface area contributed by atoms with Crippen LogP contribution >= 0.6 is 23.2 Å². The van der Waals surface area contributed by atoms with Crippen LogP contribution in [0.15, 0.2) is 21.3 Å². The fourth-order valence-corrected chi connectivity index (χ4v) is 5.61. The predicted molar refractivity (Wildman–Crippen MR) is 116 cm³/mol. The van der Waals surface area contributed by atoms with Crippen molar-refractivity contribution < 1.29 is 17.2 Å². The van der Waals surface area contributed by atoms with E-state index in [4.69, 9.17) is 27.6 Å². The largest absolute Gasteiger partial charge is 0.434 e. The van der Waals surface area contributed by atoms with Crippen molar-refractivity contribution in [3.63, 3.8) is 0 Å². The van der Waals surface area contributed by atoms with E-state index >= 15 is 0 Å². The van der Waals surface area contributed by atoms with Gasteiger partial charge in [0, 0.05) is 24.9 Å². The molecule has 0 aliphatic carbocycles. The highest BCUT2D eigenvalue weighted by molar-refractivity contribution is 7.87. The number of rotatable bonds is 6. The zero-order valence-electron chi connectivity index (χ0n) is 17.6. The summed E-state index contributed by atoms with van der Waals surface area (Å²) < 4.78 is 48.9. The highest BCUT2D eigenvalue weighted by atomic mass is 35.5. The molecule has 0 spiro atoms. The number of benzene rings is 1. The van der Waals surface area contributed by atoms with Crippen molar-refractivity contribution in [2.45, 2.75) is 50.4 Å². The van der Waals surface area contributed by atoms with E-state index in [2.05, 4.69) is 14.9 Å². The maximum Gasteiger partial charge on any atom is 0.434 e. The quantitative estimate of drug-likeness (QED) is 0.598. The summed E-state index contributed by atoms with van der Waals surface area (Å²) in [5, 5.41) is 5.93. The highest BCUT2D eigenvalue weighted by Gasteiger charge is 2.42. The van der Waals surface area contributed by atoms with Gasteiger partial charge in [0.2, 0.25) is 5.89 Å². The van der Waals surface area contributed by atoms with Gasteiger partial charge in [-0.2, -0.15) is 17.4 Å². The third-order valence-corrected chi connectivity index (χ3v) is 8.60. The third kappa shape index (κ3) is 4.98. The van der Waals surface area contributed by atoms with Gasteiger partial charge < -0.3 is 4.42 Å². The fraction of sp³-hybridized carbons (Fsp3) is 0.579. The van der Waals surface area contributed by atoms with Gasteiger partial charge in [-0.15, -0.1) is 28.3 Å². The van der Waals surface area contributed by atoms with Crippen molar-refractivity contribution in [2.75, 3.05) is 13.1 Å². The standard InChI is InChI=1S/C19H25Cl2FN4O4S/c1-10-5-6-14(22)15(12(10)3)13(4)16(17-23-24-18(27)30-17)25-31(28,29)26-8-7-19(20,21)11(2)9-26/h5-6,11,13,16,25H,7-9H2,1-4H3,(H,24,27)/t11?,13?,16-/m0/s1. The van der Waals surface area contributed by atoms with Crippen molar-refractivity contribution in [2.24, 2.45) is 5.92 Å². The van der Waals surface area contributed by atoms with E-state index in [-0.39, 0.29) is 31.3 Å². The highest BCUT2D eigenvalue weighted by Crippen LogP contribution is 2.39. The Hall–Kier alpha value is -1.46. The van der Waals surface area contributed by atoms with Crippen molar-refractivity contribution in [1.82, 2.24) is 19.2 Å². The Balaban J connectivity index is 1.98. The Labute approximate surface area is 190 Å². The number of nitrogens with one attached hydrogen (secondary N) is 2. The zero-order valence-corrected chi connectivity index (χ0v) is 19.9. The summed E-state index contributed by atoms with van der Waals surface area (Å²) in [6.07, 6.45) is 0.252. The Bertz CT molecular complexity index is 1120. The molecule has 1 fully saturated rings. The summed E-state index contributed by atoms with van der Waals surface area (Å²) >= 11 is 12.5. The lowest BCUT2D eigenvalue weighted by Gasteiger charge is -2.38. The summed E-state index contributed by atoms with van der Waals surface area (Å²) in [6.45, 7) is 7.21. The minimum Gasteiger partial charge on any atom is -0.391 e. The van der Waals surface area contributed by atoms with Gasteiger partial charge >= 0.3 is 5.76 Å². The van der Waals surface area contributed by atoms with Crippen LogP contribution in [0, 0.1) is 25.6 Å². The van der Waals surface area contributed by atoms with Crippen molar-refractivity contribution in [3.05, 3.63) is 51.1 Å². The molecule has 1 aliphatic heterocycles. The average molecular weight is 495 g/mol. The van der Waals surface area contributed by atoms with Crippen molar-refractivity contribution in [1.29, 1.82) is 0 Å². The normalized spacial score (nSPS) is 21.7. The van der Waals surface area contributed by atoms with E-state index in [1.165, 1.54) is 10.4 Å². The molecule has 0 radical (unpaired) electrons. The number of piperidine rings is 1. The number of aryl methyl sites for hydroxylation is 1. The Morgan fingerprint density at radius 3 is 2.65 bits per heavy atom. The molecule has 0 saturated carbocycles. The van der Waals surface area contributed by atoms with Crippen LogP contribution in [0.3, 0.4) is 0 Å². The lowest BCUT2D eigenvalue weighted by Crippen LogP contribution is -2.51. The average Bonchev–Trinajstić information content (AvgIpc) is 3.11. The lowest BCUT2D eigenvalue weighted by molar-refractivity contribution is 0.260. The number of alkyl halides is 2. The van der Waals surface area contributed by atoms with Crippen LogP contribution in [0.4, 0.5) is 4.39 Å². The van der Waals surface area contributed by atoms with Gasteiger partial charge in [0.1, 0.15) is 16.2 Å². The predicted octanol–water partition coefficient (Wildman–Crippen LogP) is 3.31. The fourth-order valence-electron chi connectivity index (χ4n) is 3.77. The van der Waals surface area contributed by atoms with Gasteiger partial charge in [-0.1, -0.05) is 19.9 Å². The molecule has 31 heavy (non-hydrogen) atoms. The molecule has 2 unspecified atom stereocenters. The molecule has 1 aliphatic rings. The lowest BCUT2D eigenvalue weighted by atomic mass is 9.88. The molecule has 2 heterocycles. The SMILES string of the molecule is Cc1ccc(F)c(C(C)[C@H](NS(=O)(=O)N2CCC(Cl)(Cl)C(C)C2)c2n[nH]c(=O)o2)c1C. The third-order valence-electron chi connectivity index (χ3n) is 5.92. The Morgan fingerprint density at radius 1 is 1.39 bits per heavy atom. The second-order valence-electron chi connectivity index (χ2n) is 8.01. The number of halogens is 3. The number of nitrogens with zero attached hydrogens (tertiary/aromatic N) is 2. The molecule has 8 nitrogen and oxygen atoms in total. The van der Waals surface area contributed by atoms with E-state index in [9.17, 15) is 17.6 Å². The summed E-state index contributed by atoms with van der Waals surface area (Å²) in [5.74, 6) is -2.55. The Morgan fingerprint density at radius 2 is 2.06 bits per heavy atom. The minimum atomic E-state index is -4.07. The van der Waals surface area contributed by atoms with Crippen molar-refractivity contribution in [3.8, 4) is 0 Å². The molecular weight excluding hydrogens is 470 g/mol. The smallest absolute Gasteiger partial charge is 0.391 e. The van der Waals surface area contributed by atoms with Crippen LogP contribution in [0.2, 0.25) is 0 Å². The summed E-state index contributed by atoms with van der Waals surface area (Å²) in [4.78, 5) is 11.5. The van der Waals surface area contributed by atoms with E-state index in [1.807, 2.05) is 6.92 Å². The number of H-pyrrole nitrogens is 1. The molecule has 1 saturated heterocycles. The van der Waals surface area contributed by atoms with E-state index in [0.717, 1.165) is 5.56 Å². The number of aromatic amines is 1. The Kier molecular flexibility index (Phi) is 6.88. The van der Waals surface area contributed by atoms with Crippen LogP contribution in [0.5, 0.6) is 0 Å². The van der Waals surface area contributed by atoms with Gasteiger partial charge in [0.25, 0.3) is 10.2 Å². The van der Waals surface area contributed by atoms with E-state index in [0.29, 0.717) is 11.1 Å². The maximum atomic E-state index is 14.7. The molecule has 2 N–H and O–H groups in total. The van der Waals surface area contributed by atoms with Gasteiger partial charge in [0.05, 0.1) is 0 Å². The van der Waals surface area contributed by atoms with Crippen molar-refractivity contribution >= 4 is 33.4 Å². The molecule has 1 aromatic carbocycles. The molecule has 3 rings (SSSR count). The number of hydrogen-bond donors (Lipinski definition) is 2. The minimum absolute atomic E-state index is 0.103. The summed E-state index contributed by atoms with van der Waals surface area (Å²) in [7, 11) is -4.07. The topological polar surface area (TPSA) is 108 Å². The number of aromatic nitrogens is 2. The van der Waals surface area contributed by atoms with Gasteiger partial charge in [-0.3, -0.25) is 0 Å². The first-order chi connectivity index (χ1) is 14.3. The molecule has 12 heteroatoms. The monoisotopic (exact) mass is 494 g/mol. The van der Waals surface area contributed by atoms with Crippen LogP contribution < -0.4 is 10.5 Å². The molecule has 0 amide bonds. The van der Waals surface area contributed by atoms with Gasteiger partial charge in [-0.05, 0) is 43.0 Å². The zero-order chi connectivity index (χ0) is 23.1. The first kappa shape index (κ1) is 24.2. The second kappa shape index (κ2) is 8.82. The molecular formula is C19H25Cl2FN4O4S. The first-order valence-corrected chi connectivity index (χ1v) is 12.0. The van der Waals surface area contributed by atoms with Gasteiger partial charge in [0.15, 0.2) is 0 Å². The maximum absolute atomic E-state index is 14.7. The van der Waals surface area contributed by atoms with Gasteiger partial charge in [-0.25, -0.2) is 14.3 Å². The van der Waals surface area contributed by atoms with E-state index < -0.39 is 38.1 Å². The molecule has 1 aromatic heterocycles. The summed E-state index contributed by atoms with van der Waals surface area (Å²) in [6, 6.07) is 1.84. The molecule has 0 bridgehead atoms. The molecule has 172 valence electrons. The molecule has 3 atom stereocenters. The summed E-state index contributed by atoms with van der Waals surface area (Å²) in [5.41, 5.74) is 1.83. The van der Waals surface area contributed by atoms with E-state index in [1.54, 1.807) is 26.8 Å². The van der Waals surface area contributed by atoms with Crippen LogP contribution in [-0.4, -0.2) is 40.3 Å². The number of hydrogen-bond acceptors (Lipinski definition) is 5. The molecule has 2 aromatic rings. The van der Waals surface area contributed by atoms with Crippen LogP contribution in [-0.2, 0) is 10.2 Å². The second-order valence-corrected chi connectivity index (χ2v) is 11.3. The first-order valence-electron chi connectivity index (χ1n) is 9.79. The van der Waals surface area contributed by atoms with Crippen LogP contribution in [0.25, 0.3) is 0 Å².